The molecule has 2 unspecified atom stereocenters. The van der Waals surface area contributed by atoms with E-state index in [4.69, 9.17) is 16.3 Å². The van der Waals surface area contributed by atoms with Crippen LogP contribution >= 0.6 is 11.6 Å². The van der Waals surface area contributed by atoms with Gasteiger partial charge in [-0.1, -0.05) is 35.9 Å². The normalized spacial score (nSPS) is 18.6. The molecular formula is C21H27ClN2O4S. The zero-order chi connectivity index (χ0) is 21.0. The summed E-state index contributed by atoms with van der Waals surface area (Å²) in [7, 11) is -2.15. The second-order valence-corrected chi connectivity index (χ2v) is 9.38. The van der Waals surface area contributed by atoms with Gasteiger partial charge in [0.25, 0.3) is 10.0 Å². The Hall–Kier alpha value is -1.64. The minimum atomic E-state index is -3.72. The number of hydrogen-bond acceptors (Lipinski definition) is 5. The molecule has 0 amide bonds. The van der Waals surface area contributed by atoms with Gasteiger partial charge >= 0.3 is 0 Å². The highest BCUT2D eigenvalue weighted by Crippen LogP contribution is 2.40. The molecule has 0 fully saturated rings. The Morgan fingerprint density at radius 3 is 2.72 bits per heavy atom. The number of para-hydroxylation sites is 1. The quantitative estimate of drug-likeness (QED) is 0.485. The maximum atomic E-state index is 13.2. The van der Waals surface area contributed by atoms with E-state index in [1.807, 2.05) is 31.2 Å². The molecule has 0 radical (unpaired) electrons. The smallest absolute Gasteiger partial charge is 0.264 e. The van der Waals surface area contributed by atoms with E-state index in [0.29, 0.717) is 35.8 Å². The van der Waals surface area contributed by atoms with E-state index < -0.39 is 16.3 Å². The van der Waals surface area contributed by atoms with Crippen LogP contribution in [0.2, 0.25) is 5.02 Å². The molecule has 2 aromatic rings. The van der Waals surface area contributed by atoms with Gasteiger partial charge in [-0.3, -0.25) is 4.31 Å². The molecule has 29 heavy (non-hydrogen) atoms. The maximum absolute atomic E-state index is 13.2. The first-order valence-corrected chi connectivity index (χ1v) is 11.6. The van der Waals surface area contributed by atoms with Gasteiger partial charge in [-0.2, -0.15) is 0 Å². The summed E-state index contributed by atoms with van der Waals surface area (Å²) in [6.45, 7) is 3.01. The highest BCUT2D eigenvalue weighted by Gasteiger charge is 2.34. The van der Waals surface area contributed by atoms with Crippen LogP contribution in [-0.4, -0.2) is 40.0 Å². The van der Waals surface area contributed by atoms with Crippen molar-refractivity contribution in [2.75, 3.05) is 24.5 Å². The van der Waals surface area contributed by atoms with Crippen LogP contribution in [0.5, 0.6) is 0 Å². The molecule has 0 aliphatic carbocycles. The number of rotatable bonds is 8. The molecule has 0 spiro atoms. The second-order valence-electron chi connectivity index (χ2n) is 7.01. The van der Waals surface area contributed by atoms with Crippen LogP contribution in [0.1, 0.15) is 43.4 Å². The number of unbranched alkanes of at least 4 members (excludes halogenated alkanes) is 1. The van der Waals surface area contributed by atoms with Gasteiger partial charge in [-0.15, -0.1) is 0 Å². The molecule has 0 aromatic heterocycles. The molecule has 2 aromatic carbocycles. The molecule has 3 rings (SSSR count). The zero-order valence-corrected chi connectivity index (χ0v) is 18.2. The largest absolute Gasteiger partial charge is 0.368 e. The predicted octanol–water partition coefficient (Wildman–Crippen LogP) is 3.68. The van der Waals surface area contributed by atoms with Crippen molar-refractivity contribution in [3.8, 4) is 0 Å². The van der Waals surface area contributed by atoms with Crippen molar-refractivity contribution in [1.29, 1.82) is 0 Å². The molecule has 1 aliphatic heterocycles. The molecule has 1 aliphatic rings. The van der Waals surface area contributed by atoms with E-state index in [1.54, 1.807) is 19.2 Å². The van der Waals surface area contributed by atoms with Crippen molar-refractivity contribution in [1.82, 2.24) is 5.32 Å². The molecule has 8 heteroatoms. The molecule has 0 saturated carbocycles. The average molecular weight is 439 g/mol. The van der Waals surface area contributed by atoms with Crippen LogP contribution in [0.25, 0.3) is 0 Å². The van der Waals surface area contributed by atoms with Crippen molar-refractivity contribution < 1.29 is 18.3 Å². The summed E-state index contributed by atoms with van der Waals surface area (Å²) in [6.07, 6.45) is 1.46. The number of halogens is 1. The molecule has 6 nitrogen and oxygen atoms in total. The van der Waals surface area contributed by atoms with E-state index in [9.17, 15) is 13.5 Å². The molecular weight excluding hydrogens is 412 g/mol. The summed E-state index contributed by atoms with van der Waals surface area (Å²) in [5.74, 6) is 0. The van der Waals surface area contributed by atoms with Gasteiger partial charge in [0.1, 0.15) is 0 Å². The van der Waals surface area contributed by atoms with Gasteiger partial charge in [0.05, 0.1) is 16.6 Å². The Kier molecular flexibility index (Phi) is 7.19. The third-order valence-corrected chi connectivity index (χ3v) is 7.16. The number of aliphatic hydroxyl groups excluding tert-OH is 1. The summed E-state index contributed by atoms with van der Waals surface area (Å²) in [6, 6.07) is 12.2. The summed E-state index contributed by atoms with van der Waals surface area (Å²) < 4.78 is 32.9. The molecule has 158 valence electrons. The number of hydrogen-bond donors (Lipinski definition) is 2. The Balaban J connectivity index is 1.87. The topological polar surface area (TPSA) is 78.9 Å². The molecule has 2 atom stereocenters. The Bertz CT molecular complexity index is 951. The third kappa shape index (κ3) is 4.75. The van der Waals surface area contributed by atoms with E-state index >= 15 is 0 Å². The van der Waals surface area contributed by atoms with Crippen molar-refractivity contribution in [2.45, 2.75) is 43.4 Å². The van der Waals surface area contributed by atoms with Crippen LogP contribution in [0.3, 0.4) is 0 Å². The van der Waals surface area contributed by atoms with Gasteiger partial charge in [-0.05, 0) is 62.1 Å². The monoisotopic (exact) mass is 438 g/mol. The Morgan fingerprint density at radius 1 is 1.21 bits per heavy atom. The second kappa shape index (κ2) is 9.45. The first kappa shape index (κ1) is 22.1. The number of anilines is 1. The number of nitrogens with one attached hydrogen (secondary N) is 1. The number of sulfonamides is 1. The van der Waals surface area contributed by atoms with Gasteiger partial charge in [0.15, 0.2) is 6.29 Å². The third-order valence-electron chi connectivity index (χ3n) is 5.10. The summed E-state index contributed by atoms with van der Waals surface area (Å²) in [5, 5.41) is 13.6. The molecule has 0 saturated heterocycles. The fourth-order valence-electron chi connectivity index (χ4n) is 3.62. The fraction of sp³-hybridized carbons (Fsp3) is 0.429. The van der Waals surface area contributed by atoms with Crippen molar-refractivity contribution in [3.05, 3.63) is 58.6 Å². The van der Waals surface area contributed by atoms with E-state index in [2.05, 4.69) is 5.32 Å². The summed E-state index contributed by atoms with van der Waals surface area (Å²) in [4.78, 5) is 0.216. The molecule has 2 N–H and O–H groups in total. The lowest BCUT2D eigenvalue weighted by Gasteiger charge is -2.22. The first-order valence-electron chi connectivity index (χ1n) is 9.76. The highest BCUT2D eigenvalue weighted by atomic mass is 35.5. The fourth-order valence-corrected chi connectivity index (χ4v) is 5.34. The standard InChI is InChI=1S/C21H27ClN2O4S/c1-3-28-20(25)10-6-7-13-23-21-16-8-4-5-9-18(16)24(2)29(26,27)19-14-15(22)11-12-17(19)21/h4-5,8-9,11-12,14,20-21,23,25H,3,6-7,10,13H2,1-2H3. The lowest BCUT2D eigenvalue weighted by Crippen LogP contribution is -2.26. The number of fused-ring (bicyclic) bond motifs is 2. The minimum Gasteiger partial charge on any atom is -0.368 e. The van der Waals surface area contributed by atoms with Crippen LogP contribution in [0, 0.1) is 0 Å². The van der Waals surface area contributed by atoms with Gasteiger partial charge < -0.3 is 15.2 Å². The van der Waals surface area contributed by atoms with Crippen LogP contribution in [0.4, 0.5) is 5.69 Å². The van der Waals surface area contributed by atoms with Crippen LogP contribution in [-0.2, 0) is 14.8 Å². The highest BCUT2D eigenvalue weighted by molar-refractivity contribution is 7.92. The van der Waals surface area contributed by atoms with Crippen molar-refractivity contribution in [2.24, 2.45) is 0 Å². The predicted molar refractivity (Wildman–Crippen MR) is 115 cm³/mol. The van der Waals surface area contributed by atoms with Crippen LogP contribution < -0.4 is 9.62 Å². The number of aliphatic hydroxyl groups is 1. The van der Waals surface area contributed by atoms with Gasteiger partial charge in [0, 0.05) is 18.7 Å². The lowest BCUT2D eigenvalue weighted by molar-refractivity contribution is -0.0993. The number of benzene rings is 2. The Morgan fingerprint density at radius 2 is 1.97 bits per heavy atom. The van der Waals surface area contributed by atoms with E-state index in [-0.39, 0.29) is 10.9 Å². The first-order chi connectivity index (χ1) is 13.9. The van der Waals surface area contributed by atoms with E-state index in [1.165, 1.54) is 10.4 Å². The zero-order valence-electron chi connectivity index (χ0n) is 16.6. The van der Waals surface area contributed by atoms with Gasteiger partial charge in [0.2, 0.25) is 0 Å². The summed E-state index contributed by atoms with van der Waals surface area (Å²) >= 11 is 6.13. The van der Waals surface area contributed by atoms with E-state index in [0.717, 1.165) is 18.4 Å². The van der Waals surface area contributed by atoms with Gasteiger partial charge in [-0.25, -0.2) is 8.42 Å². The SMILES string of the molecule is CCOC(O)CCCCNC1c2ccccc2N(C)S(=O)(=O)c2cc(Cl)ccc21. The minimum absolute atomic E-state index is 0.216. The maximum Gasteiger partial charge on any atom is 0.264 e. The molecule has 0 bridgehead atoms. The summed E-state index contributed by atoms with van der Waals surface area (Å²) in [5.41, 5.74) is 2.22. The molecule has 1 heterocycles. The van der Waals surface area contributed by atoms with Crippen LogP contribution in [0.15, 0.2) is 47.4 Å². The van der Waals surface area contributed by atoms with Crippen molar-refractivity contribution in [3.63, 3.8) is 0 Å². The Labute approximate surface area is 177 Å². The lowest BCUT2D eigenvalue weighted by atomic mass is 9.96. The number of nitrogens with zero attached hydrogens (tertiary/aromatic N) is 1. The number of ether oxygens (including phenoxy) is 1. The van der Waals surface area contributed by atoms with Crippen molar-refractivity contribution >= 4 is 27.3 Å². The average Bonchev–Trinajstić information content (AvgIpc) is 2.76.